The summed E-state index contributed by atoms with van der Waals surface area (Å²) in [4.78, 5) is 15.3. The molecule has 2 rings (SSSR count). The molecule has 0 spiro atoms. The molecule has 0 aliphatic carbocycles. The summed E-state index contributed by atoms with van der Waals surface area (Å²) in [6, 6.07) is 5.98. The number of aliphatic imine (C=N–C) groups is 1. The number of para-hydroxylation sites is 1. The third-order valence-electron chi connectivity index (χ3n) is 2.88. The first-order valence-corrected chi connectivity index (χ1v) is 6.48. The van der Waals surface area contributed by atoms with Crippen LogP contribution in [0, 0.1) is 0 Å². The van der Waals surface area contributed by atoms with Gasteiger partial charge in [-0.3, -0.25) is 9.79 Å². The van der Waals surface area contributed by atoms with Gasteiger partial charge in [0, 0.05) is 18.2 Å². The van der Waals surface area contributed by atoms with E-state index in [4.69, 9.17) is 9.47 Å². The number of nitrogens with zero attached hydrogens (tertiary/aromatic N) is 1. The van der Waals surface area contributed by atoms with E-state index in [2.05, 4.69) is 24.9 Å². The quantitative estimate of drug-likeness (QED) is 0.617. The molecule has 0 atom stereocenters. The van der Waals surface area contributed by atoms with Crippen molar-refractivity contribution in [1.82, 2.24) is 0 Å². The Kier molecular flexibility index (Phi) is 3.88. The molecule has 0 radical (unpaired) electrons. The molecule has 0 saturated carbocycles. The second-order valence-electron chi connectivity index (χ2n) is 5.15. The van der Waals surface area contributed by atoms with Crippen molar-refractivity contribution in [1.29, 1.82) is 0 Å². The monoisotopic (exact) mass is 261 g/mol. The van der Waals surface area contributed by atoms with Crippen LogP contribution in [0.3, 0.4) is 0 Å². The molecule has 0 bridgehead atoms. The van der Waals surface area contributed by atoms with Crippen molar-refractivity contribution in [3.8, 4) is 5.75 Å². The van der Waals surface area contributed by atoms with Gasteiger partial charge in [-0.2, -0.15) is 0 Å². The van der Waals surface area contributed by atoms with E-state index in [1.807, 2.05) is 12.1 Å². The predicted octanol–water partition coefficient (Wildman–Crippen LogP) is 2.38. The third-order valence-corrected chi connectivity index (χ3v) is 2.88. The molecule has 0 amide bonds. The van der Waals surface area contributed by atoms with Crippen molar-refractivity contribution in [2.75, 3.05) is 13.2 Å². The molecule has 1 aromatic carbocycles. The number of benzene rings is 1. The van der Waals surface area contributed by atoms with Crippen LogP contribution in [0.25, 0.3) is 0 Å². The van der Waals surface area contributed by atoms with Crippen molar-refractivity contribution in [3.63, 3.8) is 0 Å². The first-order chi connectivity index (χ1) is 9.02. The third kappa shape index (κ3) is 3.34. The summed E-state index contributed by atoms with van der Waals surface area (Å²) in [5, 5.41) is 0. The lowest BCUT2D eigenvalue weighted by molar-refractivity contribution is -0.141. The normalized spacial score (nSPS) is 16.2. The van der Waals surface area contributed by atoms with Gasteiger partial charge in [0.2, 0.25) is 0 Å². The van der Waals surface area contributed by atoms with Gasteiger partial charge in [0.15, 0.2) is 0 Å². The van der Waals surface area contributed by atoms with E-state index in [0.717, 1.165) is 17.7 Å². The number of esters is 1. The molecule has 0 unspecified atom stereocenters. The molecule has 1 aliphatic rings. The molecule has 19 heavy (non-hydrogen) atoms. The Morgan fingerprint density at radius 3 is 3.05 bits per heavy atom. The lowest BCUT2D eigenvalue weighted by atomic mass is 10.0. The molecule has 0 saturated heterocycles. The molecule has 1 aromatic rings. The Labute approximate surface area is 113 Å². The highest BCUT2D eigenvalue weighted by Crippen LogP contribution is 2.36. The average molecular weight is 261 g/mol. The maximum absolute atomic E-state index is 11.2. The molecule has 0 fully saturated rings. The van der Waals surface area contributed by atoms with Crippen LogP contribution in [0.2, 0.25) is 0 Å². The Bertz CT molecular complexity index is 506. The maximum atomic E-state index is 11.2. The Morgan fingerprint density at radius 1 is 1.53 bits per heavy atom. The second kappa shape index (κ2) is 5.43. The molecule has 0 aromatic heterocycles. The molecule has 0 N–H and O–H groups in total. The van der Waals surface area contributed by atoms with Gasteiger partial charge in [0.25, 0.3) is 0 Å². The topological polar surface area (TPSA) is 47.9 Å². The standard InChI is InChI=1S/C15H19NO3/c1-4-18-13(17)10-16-9-12-7-5-6-11-8-15(2,3)19-14(11)12/h5-7,9H,4,8,10H2,1-3H3. The second-order valence-corrected chi connectivity index (χ2v) is 5.15. The maximum Gasteiger partial charge on any atom is 0.327 e. The summed E-state index contributed by atoms with van der Waals surface area (Å²) in [7, 11) is 0. The van der Waals surface area contributed by atoms with Crippen molar-refractivity contribution in [3.05, 3.63) is 29.3 Å². The van der Waals surface area contributed by atoms with Crippen molar-refractivity contribution >= 4 is 12.2 Å². The predicted molar refractivity (Wildman–Crippen MR) is 73.9 cm³/mol. The average Bonchev–Trinajstić information content (AvgIpc) is 2.64. The smallest absolute Gasteiger partial charge is 0.327 e. The first kappa shape index (κ1) is 13.6. The number of fused-ring (bicyclic) bond motifs is 1. The Morgan fingerprint density at radius 2 is 2.32 bits per heavy atom. The summed E-state index contributed by atoms with van der Waals surface area (Å²) in [6.45, 7) is 6.33. The summed E-state index contributed by atoms with van der Waals surface area (Å²) >= 11 is 0. The summed E-state index contributed by atoms with van der Waals surface area (Å²) in [6.07, 6.45) is 2.57. The van der Waals surface area contributed by atoms with Gasteiger partial charge in [-0.25, -0.2) is 0 Å². The van der Waals surface area contributed by atoms with Crippen LogP contribution in [-0.2, 0) is 16.0 Å². The van der Waals surface area contributed by atoms with Crippen molar-refractivity contribution < 1.29 is 14.3 Å². The van der Waals surface area contributed by atoms with Crippen LogP contribution in [0.5, 0.6) is 5.75 Å². The fraction of sp³-hybridized carbons (Fsp3) is 0.467. The molecular formula is C15H19NO3. The van der Waals surface area contributed by atoms with E-state index in [1.165, 1.54) is 5.56 Å². The molecule has 1 aliphatic heterocycles. The number of carbonyl (C=O) groups excluding carboxylic acids is 1. The largest absolute Gasteiger partial charge is 0.487 e. The zero-order valence-corrected chi connectivity index (χ0v) is 11.6. The van der Waals surface area contributed by atoms with Gasteiger partial charge < -0.3 is 9.47 Å². The molecule has 1 heterocycles. The van der Waals surface area contributed by atoms with Gasteiger partial charge in [-0.05, 0) is 32.4 Å². The van der Waals surface area contributed by atoms with E-state index >= 15 is 0 Å². The lowest BCUT2D eigenvalue weighted by Crippen LogP contribution is -2.24. The van der Waals surface area contributed by atoms with Crippen LogP contribution in [0.15, 0.2) is 23.2 Å². The van der Waals surface area contributed by atoms with E-state index in [0.29, 0.717) is 6.61 Å². The summed E-state index contributed by atoms with van der Waals surface area (Å²) in [5.74, 6) is 0.563. The van der Waals surface area contributed by atoms with Gasteiger partial charge in [-0.1, -0.05) is 12.1 Å². The minimum absolute atomic E-state index is 0.0426. The van der Waals surface area contributed by atoms with E-state index in [9.17, 15) is 4.79 Å². The zero-order valence-electron chi connectivity index (χ0n) is 11.6. The Balaban J connectivity index is 2.09. The van der Waals surface area contributed by atoms with E-state index in [1.54, 1.807) is 13.1 Å². The first-order valence-electron chi connectivity index (χ1n) is 6.48. The number of hydrogen-bond donors (Lipinski definition) is 0. The summed E-state index contributed by atoms with van der Waals surface area (Å²) in [5.41, 5.74) is 1.92. The van der Waals surface area contributed by atoms with Crippen LogP contribution >= 0.6 is 0 Å². The zero-order chi connectivity index (χ0) is 13.9. The van der Waals surface area contributed by atoms with E-state index < -0.39 is 0 Å². The molecule has 4 heteroatoms. The minimum atomic E-state index is -0.312. The number of carbonyl (C=O) groups is 1. The van der Waals surface area contributed by atoms with Crippen LogP contribution in [0.1, 0.15) is 31.9 Å². The minimum Gasteiger partial charge on any atom is -0.487 e. The summed E-state index contributed by atoms with van der Waals surface area (Å²) < 4.78 is 10.7. The number of ether oxygens (including phenoxy) is 2. The molecule has 102 valence electrons. The van der Waals surface area contributed by atoms with Gasteiger partial charge >= 0.3 is 5.97 Å². The lowest BCUT2D eigenvalue weighted by Gasteiger charge is -2.17. The Hall–Kier alpha value is -1.84. The van der Waals surface area contributed by atoms with Crippen molar-refractivity contribution in [2.45, 2.75) is 32.8 Å². The SMILES string of the molecule is CCOC(=O)CN=Cc1cccc2c1OC(C)(C)C2. The van der Waals surface area contributed by atoms with E-state index in [-0.39, 0.29) is 18.1 Å². The van der Waals surface area contributed by atoms with Crippen molar-refractivity contribution in [2.24, 2.45) is 4.99 Å². The van der Waals surface area contributed by atoms with Crippen LogP contribution in [0.4, 0.5) is 0 Å². The van der Waals surface area contributed by atoms with Crippen LogP contribution < -0.4 is 4.74 Å². The fourth-order valence-electron chi connectivity index (χ4n) is 2.17. The van der Waals surface area contributed by atoms with Crippen LogP contribution in [-0.4, -0.2) is 30.9 Å². The molecular weight excluding hydrogens is 242 g/mol. The van der Waals surface area contributed by atoms with Gasteiger partial charge in [0.05, 0.1) is 6.61 Å². The van der Waals surface area contributed by atoms with Gasteiger partial charge in [-0.15, -0.1) is 0 Å². The fourth-order valence-corrected chi connectivity index (χ4v) is 2.17. The molecule has 4 nitrogen and oxygen atoms in total. The number of hydrogen-bond acceptors (Lipinski definition) is 4. The highest BCUT2D eigenvalue weighted by Gasteiger charge is 2.31. The highest BCUT2D eigenvalue weighted by molar-refractivity contribution is 5.86. The number of rotatable bonds is 4. The van der Waals surface area contributed by atoms with Gasteiger partial charge in [0.1, 0.15) is 17.9 Å². The highest BCUT2D eigenvalue weighted by atomic mass is 16.5.